The molecule has 5 nitrogen and oxygen atoms in total. The highest BCUT2D eigenvalue weighted by atomic mass is 19.1. The standard InChI is InChI=1S/C21H26FN3O2/c1-14(20(23)15-6-3-2-4-7-15)21(26)25-16-9-10-19(18(22)12-16)24-13-17-8-5-11-27-17/h2-4,6-7,9-10,12,14,17,20,24H,5,8,11,13,23H2,1H3,(H,25,26). The van der Waals surface area contributed by atoms with Crippen LogP contribution in [0.4, 0.5) is 15.8 Å². The molecule has 6 heteroatoms. The van der Waals surface area contributed by atoms with Gasteiger partial charge in [0.2, 0.25) is 5.91 Å². The van der Waals surface area contributed by atoms with E-state index in [2.05, 4.69) is 10.6 Å². The van der Waals surface area contributed by atoms with Crippen molar-refractivity contribution in [2.45, 2.75) is 31.9 Å². The predicted octanol–water partition coefficient (Wildman–Crippen LogP) is 3.69. The summed E-state index contributed by atoms with van der Waals surface area (Å²) in [5, 5.41) is 5.81. The summed E-state index contributed by atoms with van der Waals surface area (Å²) in [4.78, 5) is 12.5. The molecule has 3 unspecified atom stereocenters. The van der Waals surface area contributed by atoms with E-state index in [1.165, 1.54) is 6.07 Å². The van der Waals surface area contributed by atoms with E-state index >= 15 is 0 Å². The van der Waals surface area contributed by atoms with Crippen LogP contribution in [0.5, 0.6) is 0 Å². The van der Waals surface area contributed by atoms with Crippen LogP contribution in [0.1, 0.15) is 31.4 Å². The lowest BCUT2D eigenvalue weighted by molar-refractivity contribution is -0.120. The van der Waals surface area contributed by atoms with Crippen molar-refractivity contribution in [1.82, 2.24) is 0 Å². The first-order valence-corrected chi connectivity index (χ1v) is 9.31. The first kappa shape index (κ1) is 19.3. The number of hydrogen-bond acceptors (Lipinski definition) is 4. The summed E-state index contributed by atoms with van der Waals surface area (Å²) >= 11 is 0. The molecule has 1 amide bonds. The van der Waals surface area contributed by atoms with Crippen LogP contribution in [0, 0.1) is 11.7 Å². The minimum absolute atomic E-state index is 0.129. The van der Waals surface area contributed by atoms with Crippen molar-refractivity contribution >= 4 is 17.3 Å². The Hall–Kier alpha value is -2.44. The molecule has 0 radical (unpaired) electrons. The number of amides is 1. The number of halogens is 1. The molecule has 0 aromatic heterocycles. The van der Waals surface area contributed by atoms with Crippen molar-refractivity contribution in [2.75, 3.05) is 23.8 Å². The summed E-state index contributed by atoms with van der Waals surface area (Å²) in [6.07, 6.45) is 2.16. The summed E-state index contributed by atoms with van der Waals surface area (Å²) in [5.41, 5.74) is 7.89. The Balaban J connectivity index is 1.58. The summed E-state index contributed by atoms with van der Waals surface area (Å²) in [7, 11) is 0. The fourth-order valence-corrected chi connectivity index (χ4v) is 3.15. The average molecular weight is 371 g/mol. The molecule has 0 aliphatic carbocycles. The molecule has 1 aliphatic rings. The van der Waals surface area contributed by atoms with Gasteiger partial charge in [0.15, 0.2) is 0 Å². The molecule has 4 N–H and O–H groups in total. The molecule has 3 atom stereocenters. The lowest BCUT2D eigenvalue weighted by Crippen LogP contribution is -2.30. The van der Waals surface area contributed by atoms with Gasteiger partial charge in [-0.05, 0) is 36.6 Å². The number of ether oxygens (including phenoxy) is 1. The van der Waals surface area contributed by atoms with E-state index in [1.54, 1.807) is 19.1 Å². The Morgan fingerprint density at radius 3 is 2.74 bits per heavy atom. The maximum Gasteiger partial charge on any atom is 0.229 e. The molecule has 2 aromatic carbocycles. The van der Waals surface area contributed by atoms with Gasteiger partial charge in [-0.3, -0.25) is 4.79 Å². The largest absolute Gasteiger partial charge is 0.380 e. The molecule has 1 saturated heterocycles. The van der Waals surface area contributed by atoms with Gasteiger partial charge in [-0.25, -0.2) is 4.39 Å². The lowest BCUT2D eigenvalue weighted by atomic mass is 9.94. The monoisotopic (exact) mass is 371 g/mol. The normalized spacial score (nSPS) is 18.7. The van der Waals surface area contributed by atoms with Crippen LogP contribution in [0.3, 0.4) is 0 Å². The minimum atomic E-state index is -0.451. The second-order valence-corrected chi connectivity index (χ2v) is 6.92. The smallest absolute Gasteiger partial charge is 0.229 e. The van der Waals surface area contributed by atoms with Crippen LogP contribution < -0.4 is 16.4 Å². The number of hydrogen-bond donors (Lipinski definition) is 3. The predicted molar refractivity (Wildman–Crippen MR) is 105 cm³/mol. The second-order valence-electron chi connectivity index (χ2n) is 6.92. The van der Waals surface area contributed by atoms with Gasteiger partial charge < -0.3 is 21.1 Å². The molecule has 0 bridgehead atoms. The number of nitrogens with one attached hydrogen (secondary N) is 2. The molecule has 27 heavy (non-hydrogen) atoms. The highest BCUT2D eigenvalue weighted by Gasteiger charge is 2.22. The quantitative estimate of drug-likeness (QED) is 0.694. The fraction of sp³-hybridized carbons (Fsp3) is 0.381. The molecular weight excluding hydrogens is 345 g/mol. The zero-order valence-electron chi connectivity index (χ0n) is 15.5. The van der Waals surface area contributed by atoms with E-state index in [4.69, 9.17) is 10.5 Å². The van der Waals surface area contributed by atoms with Crippen LogP contribution in [0.25, 0.3) is 0 Å². The van der Waals surface area contributed by atoms with Crippen molar-refractivity contribution in [3.05, 3.63) is 59.9 Å². The van der Waals surface area contributed by atoms with Gasteiger partial charge in [-0.15, -0.1) is 0 Å². The summed E-state index contributed by atoms with van der Waals surface area (Å²) < 4.78 is 19.8. The van der Waals surface area contributed by atoms with E-state index in [0.29, 0.717) is 17.9 Å². The van der Waals surface area contributed by atoms with Gasteiger partial charge >= 0.3 is 0 Å². The first-order valence-electron chi connectivity index (χ1n) is 9.31. The highest BCUT2D eigenvalue weighted by Crippen LogP contribution is 2.23. The van der Waals surface area contributed by atoms with Crippen molar-refractivity contribution in [2.24, 2.45) is 11.7 Å². The Kier molecular flexibility index (Phi) is 6.42. The summed E-state index contributed by atoms with van der Waals surface area (Å²) in [6, 6.07) is 13.7. The third kappa shape index (κ3) is 5.05. The molecule has 0 spiro atoms. The maximum atomic E-state index is 14.3. The Morgan fingerprint density at radius 2 is 2.07 bits per heavy atom. The van der Waals surface area contributed by atoms with Crippen LogP contribution in [0.15, 0.2) is 48.5 Å². The third-order valence-electron chi connectivity index (χ3n) is 4.92. The van der Waals surface area contributed by atoms with Crippen LogP contribution >= 0.6 is 0 Å². The Morgan fingerprint density at radius 1 is 1.30 bits per heavy atom. The molecular formula is C21H26FN3O2. The number of anilines is 2. The van der Waals surface area contributed by atoms with Crippen molar-refractivity contribution in [3.8, 4) is 0 Å². The van der Waals surface area contributed by atoms with Gasteiger partial charge in [-0.2, -0.15) is 0 Å². The second kappa shape index (κ2) is 8.97. The van der Waals surface area contributed by atoms with E-state index in [-0.39, 0.29) is 12.0 Å². The minimum Gasteiger partial charge on any atom is -0.380 e. The SMILES string of the molecule is CC(C(=O)Nc1ccc(NCC2CCCO2)c(F)c1)C(N)c1ccccc1. The van der Waals surface area contributed by atoms with Crippen LogP contribution in [-0.4, -0.2) is 25.2 Å². The molecule has 3 rings (SSSR count). The molecule has 144 valence electrons. The van der Waals surface area contributed by atoms with Gasteiger partial charge in [0.25, 0.3) is 0 Å². The van der Waals surface area contributed by atoms with Crippen LogP contribution in [-0.2, 0) is 9.53 Å². The van der Waals surface area contributed by atoms with Crippen molar-refractivity contribution in [1.29, 1.82) is 0 Å². The lowest BCUT2D eigenvalue weighted by Gasteiger charge is -2.20. The molecule has 1 aliphatic heterocycles. The van der Waals surface area contributed by atoms with Crippen molar-refractivity contribution in [3.63, 3.8) is 0 Å². The molecule has 2 aromatic rings. The highest BCUT2D eigenvalue weighted by molar-refractivity contribution is 5.93. The maximum absolute atomic E-state index is 14.3. The fourth-order valence-electron chi connectivity index (χ4n) is 3.15. The average Bonchev–Trinajstić information content (AvgIpc) is 3.20. The Bertz CT molecular complexity index is 763. The van der Waals surface area contributed by atoms with Gasteiger partial charge in [-0.1, -0.05) is 37.3 Å². The van der Waals surface area contributed by atoms with E-state index in [1.807, 2.05) is 30.3 Å². The zero-order valence-corrected chi connectivity index (χ0v) is 15.5. The van der Waals surface area contributed by atoms with Crippen molar-refractivity contribution < 1.29 is 13.9 Å². The number of nitrogens with two attached hydrogens (primary N) is 1. The summed E-state index contributed by atoms with van der Waals surface area (Å²) in [6.45, 7) is 3.11. The number of rotatable bonds is 7. The zero-order chi connectivity index (χ0) is 19.2. The number of carbonyl (C=O) groups is 1. The molecule has 1 heterocycles. The Labute approximate surface area is 159 Å². The number of carbonyl (C=O) groups excluding carboxylic acids is 1. The first-order chi connectivity index (χ1) is 13.0. The topological polar surface area (TPSA) is 76.4 Å². The summed E-state index contributed by atoms with van der Waals surface area (Å²) in [5.74, 6) is -1.11. The van der Waals surface area contributed by atoms with E-state index < -0.39 is 17.8 Å². The van der Waals surface area contributed by atoms with E-state index in [0.717, 1.165) is 25.0 Å². The molecule has 0 saturated carbocycles. The third-order valence-corrected chi connectivity index (χ3v) is 4.92. The van der Waals surface area contributed by atoms with Gasteiger partial charge in [0.1, 0.15) is 5.82 Å². The number of benzene rings is 2. The van der Waals surface area contributed by atoms with Gasteiger partial charge in [0.05, 0.1) is 17.7 Å². The molecule has 1 fully saturated rings. The van der Waals surface area contributed by atoms with Crippen LogP contribution in [0.2, 0.25) is 0 Å². The van der Waals surface area contributed by atoms with Gasteiger partial charge in [0, 0.05) is 24.9 Å². The van der Waals surface area contributed by atoms with E-state index in [9.17, 15) is 9.18 Å².